The number of phenols is 2. The summed E-state index contributed by atoms with van der Waals surface area (Å²) in [5.41, 5.74) is 13.6. The molecule has 3 aliphatic rings. The Kier molecular flexibility index (Phi) is 37.6. The number of aromatic hydroxyl groups is 2. The maximum atomic E-state index is 15.8. The maximum Gasteiger partial charge on any atom is 0.305 e. The Morgan fingerprint density at radius 1 is 0.496 bits per heavy atom. The molecular formula is C95H116F3N17O21S. The molecule has 137 heavy (non-hydrogen) atoms. The van der Waals surface area contributed by atoms with Crippen molar-refractivity contribution in [1.29, 1.82) is 0 Å². The van der Waals surface area contributed by atoms with E-state index >= 15 is 51.9 Å². The number of nitrogens with two attached hydrogens (primary N) is 2. The van der Waals surface area contributed by atoms with Crippen molar-refractivity contribution in [3.05, 3.63) is 203 Å². The first kappa shape index (κ1) is 105. The van der Waals surface area contributed by atoms with Crippen molar-refractivity contribution in [1.82, 2.24) is 77.3 Å². The quantitative estimate of drug-likeness (QED) is 0.0376. The third-order valence-electron chi connectivity index (χ3n) is 24.2. The Bertz CT molecular complexity index is 5490. The largest absolute Gasteiger partial charge is 0.508 e. The Labute approximate surface area is 791 Å². The molecule has 0 bridgehead atoms. The molecule has 38 nitrogen and oxygen atoms in total. The van der Waals surface area contributed by atoms with Crippen LogP contribution in [0, 0.1) is 23.4 Å². The zero-order valence-corrected chi connectivity index (χ0v) is 77.1. The van der Waals surface area contributed by atoms with E-state index in [2.05, 4.69) is 52.8 Å². The van der Waals surface area contributed by atoms with Crippen LogP contribution >= 0.6 is 11.8 Å². The number of aromatic nitrogens is 1. The maximum absolute atomic E-state index is 15.8. The number of phenolic OH excluding ortho intramolecular Hbond substituents is 2. The molecule has 7 aromatic rings. The SMILES string of the molecule is CCCC[C@H]1C(=O)N2C[C@H](O)C[C@@H]2C(=O)N[C@@H](CC(=O)O)C(=O)N[C@@H](C(C)C)C(=O)N(C)[C@H](Cc2ccccc2)C(=O)N[C@H](Cc2ccc(O)cc2)C(=O)N2C[C@H](O)C[C@@H]2C(=O)N[C@@H](Cc2c[nH]c3ccccc23)C(=O)N[C@@H](Cc2ccc(O)cc2)C(=O)N[C@@H](CCN)C(=O)N[C@H](C(=O)NCC(N)=O)CSCC(=O)N[C@@H](Cc2cc(F)c(F)c(F)c2)C(=O)N(C)[C@@H](Cc2ccccc2)C(=O)N1C. The Morgan fingerprint density at radius 3 is 1.52 bits per heavy atom. The van der Waals surface area contributed by atoms with Gasteiger partial charge in [0.2, 0.25) is 88.6 Å². The highest BCUT2D eigenvalue weighted by Crippen LogP contribution is 2.29. The van der Waals surface area contributed by atoms with E-state index in [4.69, 9.17) is 11.5 Å². The smallest absolute Gasteiger partial charge is 0.305 e. The number of primary amides is 1. The van der Waals surface area contributed by atoms with Gasteiger partial charge < -0.3 is 114 Å². The molecule has 10 rings (SSSR count). The average molecular weight is 1920 g/mol. The fraction of sp³-hybridized carbons (Fsp3) is 0.432. The Hall–Kier alpha value is -14.0. The van der Waals surface area contributed by atoms with Gasteiger partial charge in [-0.25, -0.2) is 13.2 Å². The minimum absolute atomic E-state index is 0.146. The number of carbonyl (C=O) groups is 16. The van der Waals surface area contributed by atoms with E-state index in [1.165, 1.54) is 76.5 Å². The first-order chi connectivity index (χ1) is 65.2. The number of aliphatic carboxylic acids is 1. The van der Waals surface area contributed by atoms with Crippen molar-refractivity contribution < 1.29 is 115 Å². The highest BCUT2D eigenvalue weighted by Gasteiger charge is 2.48. The number of aliphatic hydroxyl groups excluding tert-OH is 2. The number of rotatable bonds is 23. The second-order valence-corrected chi connectivity index (χ2v) is 35.7. The van der Waals surface area contributed by atoms with Gasteiger partial charge in [-0.1, -0.05) is 137 Å². The number of thioether (sulfide) groups is 1. The van der Waals surface area contributed by atoms with E-state index in [1.54, 1.807) is 98.0 Å². The summed E-state index contributed by atoms with van der Waals surface area (Å²) >= 11 is 0.624. The number of nitrogens with zero attached hydrogens (tertiary/aromatic N) is 5. The number of hydrogen-bond acceptors (Lipinski definition) is 22. The molecule has 4 heterocycles. The van der Waals surface area contributed by atoms with E-state index in [0.717, 1.165) is 31.5 Å². The molecule has 3 saturated heterocycles. The number of halogens is 3. The van der Waals surface area contributed by atoms with Gasteiger partial charge in [0.05, 0.1) is 30.9 Å². The molecule has 0 aliphatic carbocycles. The van der Waals surface area contributed by atoms with Crippen LogP contribution in [-0.4, -0.2) is 299 Å². The summed E-state index contributed by atoms with van der Waals surface area (Å²) in [5.74, 6) is -25.5. The number of benzene rings is 6. The van der Waals surface area contributed by atoms with Crippen LogP contribution in [0.4, 0.5) is 13.2 Å². The minimum Gasteiger partial charge on any atom is -0.508 e. The summed E-state index contributed by atoms with van der Waals surface area (Å²) < 4.78 is 45.1. The second kappa shape index (κ2) is 49.0. The van der Waals surface area contributed by atoms with Crippen molar-refractivity contribution in [2.45, 2.75) is 195 Å². The van der Waals surface area contributed by atoms with E-state index in [1.807, 2.05) is 0 Å². The number of H-pyrrole nitrogens is 1. The van der Waals surface area contributed by atoms with E-state index in [9.17, 15) is 63.5 Å². The number of carboxylic acid groups (broad SMARTS) is 1. The van der Waals surface area contributed by atoms with E-state index in [-0.39, 0.29) is 50.1 Å². The van der Waals surface area contributed by atoms with Gasteiger partial charge in [0.15, 0.2) is 17.5 Å². The van der Waals surface area contributed by atoms with Gasteiger partial charge in [0.25, 0.3) is 0 Å². The highest BCUT2D eigenvalue weighted by molar-refractivity contribution is 8.00. The Morgan fingerprint density at radius 2 is 0.964 bits per heavy atom. The summed E-state index contributed by atoms with van der Waals surface area (Å²) in [5, 5.41) is 78.0. The fourth-order valence-corrected chi connectivity index (χ4v) is 17.6. The monoisotopic (exact) mass is 1920 g/mol. The summed E-state index contributed by atoms with van der Waals surface area (Å²) in [7, 11) is 3.60. The molecule has 0 radical (unpaired) electrons. The molecule has 3 fully saturated rings. The number of unbranched alkanes of at least 4 members (excludes halogenated alkanes) is 1. The number of likely N-dealkylation sites (N-methyl/N-ethyl adjacent to an activating group) is 3. The topological polar surface area (TPSA) is 567 Å². The van der Waals surface area contributed by atoms with E-state index in [0.29, 0.717) is 69.0 Å². The highest BCUT2D eigenvalue weighted by atomic mass is 32.2. The number of carboxylic acids is 1. The zero-order valence-electron chi connectivity index (χ0n) is 76.3. The van der Waals surface area contributed by atoms with Gasteiger partial charge in [-0.2, -0.15) is 0 Å². The van der Waals surface area contributed by atoms with Crippen molar-refractivity contribution in [3.63, 3.8) is 0 Å². The first-order valence-electron chi connectivity index (χ1n) is 44.8. The van der Waals surface area contributed by atoms with Crippen LogP contribution < -0.4 is 59.3 Å². The lowest BCUT2D eigenvalue weighted by Crippen LogP contribution is -2.62. The molecule has 734 valence electrons. The Balaban J connectivity index is 1.06. The van der Waals surface area contributed by atoms with Gasteiger partial charge in [0, 0.05) is 108 Å². The summed E-state index contributed by atoms with van der Waals surface area (Å²) in [6.45, 7) is 2.50. The number of carbonyl (C=O) groups excluding carboxylic acids is 15. The molecule has 6 aromatic carbocycles. The van der Waals surface area contributed by atoms with Gasteiger partial charge in [0.1, 0.15) is 90.0 Å². The third-order valence-corrected chi connectivity index (χ3v) is 25.2. The number of aliphatic hydroxyl groups is 2. The van der Waals surface area contributed by atoms with Crippen LogP contribution in [0.2, 0.25) is 0 Å². The molecule has 15 amide bonds. The lowest BCUT2D eigenvalue weighted by Gasteiger charge is -2.38. The molecule has 15 atom stereocenters. The number of para-hydroxylation sites is 1. The normalized spacial score (nSPS) is 24.3. The number of fused-ring (bicyclic) bond motifs is 3. The van der Waals surface area contributed by atoms with Crippen molar-refractivity contribution >= 4 is 117 Å². The lowest BCUT2D eigenvalue weighted by atomic mass is 9.98. The first-order valence-corrected chi connectivity index (χ1v) is 45.9. The van der Waals surface area contributed by atoms with Crippen LogP contribution in [-0.2, 0) is 115 Å². The minimum atomic E-state index is -2.06. The van der Waals surface area contributed by atoms with Gasteiger partial charge in [-0.3, -0.25) is 76.7 Å². The molecule has 0 saturated carbocycles. The van der Waals surface area contributed by atoms with Crippen LogP contribution in [0.3, 0.4) is 0 Å². The fourth-order valence-electron chi connectivity index (χ4n) is 16.7. The predicted octanol–water partition coefficient (Wildman–Crippen LogP) is 0.0534. The van der Waals surface area contributed by atoms with Crippen LogP contribution in [0.25, 0.3) is 10.9 Å². The molecule has 0 spiro atoms. The zero-order chi connectivity index (χ0) is 99.8. The number of hydrogen-bond donors (Lipinski definition) is 17. The number of nitrogens with one attached hydrogen (secondary N) is 10. The van der Waals surface area contributed by atoms with Crippen molar-refractivity contribution in [2.75, 3.05) is 58.8 Å². The molecule has 19 N–H and O–H groups in total. The van der Waals surface area contributed by atoms with Crippen LogP contribution in [0.1, 0.15) is 99.1 Å². The molecule has 0 unspecified atom stereocenters. The van der Waals surface area contributed by atoms with Gasteiger partial charge in [-0.15, -0.1) is 11.8 Å². The van der Waals surface area contributed by atoms with E-state index < -0.39 is 290 Å². The summed E-state index contributed by atoms with van der Waals surface area (Å²) in [6, 6.07) is 12.7. The lowest BCUT2D eigenvalue weighted by molar-refractivity contribution is -0.152. The van der Waals surface area contributed by atoms with Crippen LogP contribution in [0.5, 0.6) is 11.5 Å². The molecule has 42 heteroatoms. The second-order valence-electron chi connectivity index (χ2n) is 34.7. The standard InChI is InChI=1S/C95H116F3N17O21S/c1-7-8-23-73-94(135)115-48-61(119)43-76(115)90(131)107-69(44-80(122)123)87(128)110-82(51(2)3)95(136)112(5)74(39-52-17-11-9-12-18-52)88(129)108-71(37-55-26-30-59(117)31-27-55)92(133)114-47-60(118)42-75(114)89(130)106-68(41-57-45-101-65-22-16-15-21-62(57)65)86(127)105-67(36-54-24-28-58(116)29-25-54)85(126)104-66(32-33-99)84(125)109-72(83(124)102-46-78(100)120)49-137-50-79(121)103-70(38-56-34-63(96)81(98)64(97)35-56)91(132)113(6)77(93(134)111(73)4)40-53-19-13-10-14-20-53/h9-22,24-31,34-35,45,51,60-61,66-77,82,101,116-119H,7-8,23,32-33,36-44,46-50,99H2,1-6H3,(H2,100,120)(H,102,124)(H,103,121)(H,104,126)(H,105,127)(H,106,130)(H,107,131)(H,108,129)(H,109,125)(H,110,128)(H,122,123)/t60-,61-,66+,67+,68+,69+,70+,71-,72+,73+,74-,75-,76-,77+,82+/m1/s1. The van der Waals surface area contributed by atoms with Crippen molar-refractivity contribution in [3.8, 4) is 11.5 Å². The number of aromatic amines is 1. The third kappa shape index (κ3) is 28.6. The van der Waals surface area contributed by atoms with Crippen molar-refractivity contribution in [2.24, 2.45) is 17.4 Å². The molecule has 1 aromatic heterocycles. The van der Waals surface area contributed by atoms with Gasteiger partial charge >= 0.3 is 5.97 Å². The molecular weight excluding hydrogens is 1800 g/mol. The summed E-state index contributed by atoms with van der Waals surface area (Å²) in [4.78, 5) is 246. The average Bonchev–Trinajstić information content (AvgIpc) is 1.72. The molecule has 3 aliphatic heterocycles. The van der Waals surface area contributed by atoms with Gasteiger partial charge in [-0.05, 0) is 101 Å². The van der Waals surface area contributed by atoms with Crippen LogP contribution in [0.15, 0.2) is 152 Å². The summed E-state index contributed by atoms with van der Waals surface area (Å²) in [6.07, 6.45) is -6.04. The predicted molar refractivity (Wildman–Crippen MR) is 493 cm³/mol. The number of amides is 15.